The molecule has 4 rings (SSSR count). The van der Waals surface area contributed by atoms with E-state index in [0.717, 1.165) is 31.2 Å². The van der Waals surface area contributed by atoms with Crippen molar-refractivity contribution in [3.63, 3.8) is 0 Å². The first-order valence-corrected chi connectivity index (χ1v) is 11.4. The van der Waals surface area contributed by atoms with Crippen LogP contribution in [0.15, 0.2) is 84.9 Å². The highest BCUT2D eigenvalue weighted by Gasteiger charge is 2.26. The molecule has 0 bridgehead atoms. The van der Waals surface area contributed by atoms with Crippen LogP contribution in [0.25, 0.3) is 0 Å². The molecule has 0 radical (unpaired) electrons. The number of carbonyl (C=O) groups is 1. The van der Waals surface area contributed by atoms with Crippen LogP contribution in [-0.2, 0) is 0 Å². The number of nitrogens with one attached hydrogen (secondary N) is 1. The summed E-state index contributed by atoms with van der Waals surface area (Å²) in [6, 6.07) is 27.8. The van der Waals surface area contributed by atoms with Crippen molar-refractivity contribution in [1.29, 1.82) is 0 Å². The van der Waals surface area contributed by atoms with Crippen LogP contribution in [0.3, 0.4) is 0 Å². The molecule has 0 atom stereocenters. The van der Waals surface area contributed by atoms with Crippen LogP contribution in [0.2, 0.25) is 0 Å². The summed E-state index contributed by atoms with van der Waals surface area (Å²) < 4.78 is 0. The average Bonchev–Trinajstić information content (AvgIpc) is 2.85. The molecule has 1 fully saturated rings. The summed E-state index contributed by atoms with van der Waals surface area (Å²) in [4.78, 5) is 12.8. The summed E-state index contributed by atoms with van der Waals surface area (Å²) in [7, 11) is 0. The molecule has 0 saturated heterocycles. The van der Waals surface area contributed by atoms with E-state index in [9.17, 15) is 9.90 Å². The highest BCUT2D eigenvalue weighted by molar-refractivity contribution is 5.94. The Morgan fingerprint density at radius 3 is 1.97 bits per heavy atom. The number of amides is 1. The van der Waals surface area contributed by atoms with Crippen LogP contribution >= 0.6 is 0 Å². The average molecular weight is 424 g/mol. The largest absolute Gasteiger partial charge is 0.378 e. The summed E-state index contributed by atoms with van der Waals surface area (Å²) in [5, 5.41) is 13.6. The molecule has 1 saturated carbocycles. The van der Waals surface area contributed by atoms with Crippen molar-refractivity contribution in [2.24, 2.45) is 0 Å². The zero-order chi connectivity index (χ0) is 22.2. The molecule has 1 amide bonds. The van der Waals surface area contributed by atoms with Crippen molar-refractivity contribution in [3.8, 4) is 11.8 Å². The summed E-state index contributed by atoms with van der Waals surface area (Å²) >= 11 is 0. The lowest BCUT2D eigenvalue weighted by Crippen LogP contribution is -2.29. The molecule has 1 aliphatic rings. The fourth-order valence-corrected chi connectivity index (χ4v) is 4.25. The van der Waals surface area contributed by atoms with Crippen LogP contribution < -0.4 is 5.32 Å². The first-order chi connectivity index (χ1) is 15.6. The van der Waals surface area contributed by atoms with Gasteiger partial charge >= 0.3 is 0 Å². The van der Waals surface area contributed by atoms with Gasteiger partial charge in [0.05, 0.1) is 0 Å². The van der Waals surface area contributed by atoms with Gasteiger partial charge in [-0.15, -0.1) is 0 Å². The van der Waals surface area contributed by atoms with Gasteiger partial charge in [0.2, 0.25) is 0 Å². The highest BCUT2D eigenvalue weighted by Crippen LogP contribution is 2.27. The summed E-state index contributed by atoms with van der Waals surface area (Å²) in [5.41, 5.74) is 2.90. The molecule has 3 nitrogen and oxygen atoms in total. The van der Waals surface area contributed by atoms with E-state index in [1.165, 1.54) is 17.5 Å². The Labute approximate surface area is 190 Å². The van der Waals surface area contributed by atoms with Crippen molar-refractivity contribution in [2.45, 2.75) is 43.6 Å². The van der Waals surface area contributed by atoms with Crippen molar-refractivity contribution < 1.29 is 9.90 Å². The van der Waals surface area contributed by atoms with Crippen LogP contribution in [0.1, 0.15) is 65.1 Å². The van der Waals surface area contributed by atoms with Crippen LogP contribution in [0.4, 0.5) is 0 Å². The first-order valence-electron chi connectivity index (χ1n) is 11.4. The second kappa shape index (κ2) is 10.3. The number of rotatable bonds is 5. The predicted molar refractivity (Wildman–Crippen MR) is 128 cm³/mol. The van der Waals surface area contributed by atoms with Gasteiger partial charge in [0, 0.05) is 23.6 Å². The third-order valence-electron chi connectivity index (χ3n) is 6.14. The standard InChI is InChI=1S/C29H29NO2/c31-28(26-16-14-23(15-17-26)18-21-29(32)19-8-3-9-20-29)30-22-27(24-10-4-1-5-11-24)25-12-6-2-7-13-25/h1-2,4-7,10-17,27,32H,3,8-9,19-20,22H2,(H,30,31). The molecule has 3 aromatic rings. The smallest absolute Gasteiger partial charge is 0.251 e. The quantitative estimate of drug-likeness (QED) is 0.548. The number of benzene rings is 3. The van der Waals surface area contributed by atoms with Gasteiger partial charge in [0.15, 0.2) is 0 Å². The molecular weight excluding hydrogens is 394 g/mol. The normalized spacial score (nSPS) is 14.9. The number of carbonyl (C=O) groups excluding carboxylic acids is 1. The molecule has 0 spiro atoms. The fraction of sp³-hybridized carbons (Fsp3) is 0.276. The molecule has 3 aromatic carbocycles. The SMILES string of the molecule is O=C(NCC(c1ccccc1)c1ccccc1)c1ccc(C#CC2(O)CCCCC2)cc1. The number of hydrogen-bond donors (Lipinski definition) is 2. The summed E-state index contributed by atoms with van der Waals surface area (Å²) in [6.07, 6.45) is 4.70. The van der Waals surface area contributed by atoms with Gasteiger partial charge in [-0.2, -0.15) is 0 Å². The Bertz CT molecular complexity index is 1030. The minimum Gasteiger partial charge on any atom is -0.378 e. The third-order valence-corrected chi connectivity index (χ3v) is 6.14. The van der Waals surface area contributed by atoms with E-state index in [1.807, 2.05) is 48.5 Å². The van der Waals surface area contributed by atoms with Crippen molar-refractivity contribution in [1.82, 2.24) is 5.32 Å². The molecule has 0 heterocycles. The lowest BCUT2D eigenvalue weighted by molar-refractivity contribution is 0.0610. The molecular formula is C29H29NO2. The van der Waals surface area contributed by atoms with Crippen molar-refractivity contribution in [2.75, 3.05) is 6.54 Å². The molecule has 0 aliphatic heterocycles. The monoisotopic (exact) mass is 423 g/mol. The van der Waals surface area contributed by atoms with E-state index in [-0.39, 0.29) is 11.8 Å². The minimum absolute atomic E-state index is 0.0859. The number of aliphatic hydroxyl groups is 1. The van der Waals surface area contributed by atoms with E-state index in [0.29, 0.717) is 12.1 Å². The van der Waals surface area contributed by atoms with Crippen LogP contribution in [-0.4, -0.2) is 23.2 Å². The first kappa shape index (κ1) is 21.9. The van der Waals surface area contributed by atoms with Gasteiger partial charge < -0.3 is 10.4 Å². The highest BCUT2D eigenvalue weighted by atomic mass is 16.3. The van der Waals surface area contributed by atoms with E-state index in [2.05, 4.69) is 41.4 Å². The van der Waals surface area contributed by atoms with Crippen molar-refractivity contribution in [3.05, 3.63) is 107 Å². The molecule has 0 aromatic heterocycles. The Morgan fingerprint density at radius 1 is 0.844 bits per heavy atom. The minimum atomic E-state index is -0.863. The maximum absolute atomic E-state index is 12.8. The topological polar surface area (TPSA) is 49.3 Å². The fourth-order valence-electron chi connectivity index (χ4n) is 4.25. The van der Waals surface area contributed by atoms with E-state index in [1.54, 1.807) is 12.1 Å². The van der Waals surface area contributed by atoms with Gasteiger partial charge in [-0.3, -0.25) is 4.79 Å². The van der Waals surface area contributed by atoms with E-state index >= 15 is 0 Å². The zero-order valence-electron chi connectivity index (χ0n) is 18.3. The van der Waals surface area contributed by atoms with Crippen LogP contribution in [0, 0.1) is 11.8 Å². The van der Waals surface area contributed by atoms with Gasteiger partial charge in [-0.05, 0) is 61.1 Å². The molecule has 162 valence electrons. The third kappa shape index (κ3) is 5.66. The molecule has 2 N–H and O–H groups in total. The Hall–Kier alpha value is -3.35. The maximum Gasteiger partial charge on any atom is 0.251 e. The van der Waals surface area contributed by atoms with Crippen molar-refractivity contribution >= 4 is 5.91 Å². The Morgan fingerprint density at radius 2 is 1.41 bits per heavy atom. The zero-order valence-corrected chi connectivity index (χ0v) is 18.3. The number of hydrogen-bond acceptors (Lipinski definition) is 2. The van der Waals surface area contributed by atoms with E-state index in [4.69, 9.17) is 0 Å². The maximum atomic E-state index is 12.8. The van der Waals surface area contributed by atoms with Gasteiger partial charge in [-0.25, -0.2) is 0 Å². The van der Waals surface area contributed by atoms with Gasteiger partial charge in [-0.1, -0.05) is 78.9 Å². The lowest BCUT2D eigenvalue weighted by Gasteiger charge is -2.26. The second-order valence-electron chi connectivity index (χ2n) is 8.50. The van der Waals surface area contributed by atoms with Gasteiger partial charge in [0.1, 0.15) is 5.60 Å². The lowest BCUT2D eigenvalue weighted by atomic mass is 9.85. The summed E-state index contributed by atoms with van der Waals surface area (Å²) in [6.45, 7) is 0.515. The Kier molecular flexibility index (Phi) is 7.04. The van der Waals surface area contributed by atoms with Gasteiger partial charge in [0.25, 0.3) is 5.91 Å². The second-order valence-corrected chi connectivity index (χ2v) is 8.50. The predicted octanol–water partition coefficient (Wildman–Crippen LogP) is 5.30. The molecule has 32 heavy (non-hydrogen) atoms. The molecule has 1 aliphatic carbocycles. The van der Waals surface area contributed by atoms with E-state index < -0.39 is 5.60 Å². The summed E-state index contributed by atoms with van der Waals surface area (Å²) in [5.74, 6) is 6.11. The molecule has 0 unspecified atom stereocenters. The Balaban J connectivity index is 1.42. The van der Waals surface area contributed by atoms with Crippen LogP contribution in [0.5, 0.6) is 0 Å². The molecule has 3 heteroatoms.